The van der Waals surface area contributed by atoms with Gasteiger partial charge in [0.05, 0.1) is 13.2 Å². The van der Waals surface area contributed by atoms with Gasteiger partial charge >= 0.3 is 0 Å². The highest BCUT2D eigenvalue weighted by molar-refractivity contribution is 4.65. The maximum Gasteiger partial charge on any atom is 0.105 e. The van der Waals surface area contributed by atoms with Crippen LogP contribution in [0.4, 0.5) is 0 Å². The average molecular weight is 186 g/mol. The molecule has 1 spiro atoms. The summed E-state index contributed by atoms with van der Waals surface area (Å²) in [7, 11) is 0. The molecule has 0 aromatic rings. The quantitative estimate of drug-likeness (QED) is 0.517. The van der Waals surface area contributed by atoms with E-state index in [1.165, 1.54) is 30.7 Å². The smallest absolute Gasteiger partial charge is 0.105 e. The van der Waals surface area contributed by atoms with E-state index < -0.39 is 0 Å². The second-order valence-electron chi connectivity index (χ2n) is 4.52. The monoisotopic (exact) mass is 186 g/mol. The molecule has 2 saturated heterocycles. The van der Waals surface area contributed by atoms with Crippen molar-refractivity contribution >= 4 is 0 Å². The number of hydrogen-bond acceptors (Lipinski definition) is 2. The Kier molecular flexibility index (Phi) is 2.58. The Labute approximate surface area is 80.2 Å². The van der Waals surface area contributed by atoms with E-state index in [0.29, 0.717) is 12.2 Å². The molecule has 2 aliphatic heterocycles. The molecule has 0 bridgehead atoms. The normalized spacial score (nSPS) is 39.2. The van der Waals surface area contributed by atoms with Crippen molar-refractivity contribution in [3.63, 3.8) is 0 Å². The molecule has 0 aromatic heterocycles. The third-order valence-electron chi connectivity index (χ3n) is 3.17. The van der Waals surface area contributed by atoms with Crippen molar-refractivity contribution < 1.29 is 14.0 Å². The minimum Gasteiger partial charge on any atom is -0.370 e. The van der Waals surface area contributed by atoms with Crippen molar-refractivity contribution in [2.45, 2.75) is 26.1 Å². The molecule has 3 heteroatoms. The van der Waals surface area contributed by atoms with Crippen LogP contribution in [-0.2, 0) is 9.47 Å². The lowest BCUT2D eigenvalue weighted by molar-refractivity contribution is -0.947. The van der Waals surface area contributed by atoms with Crippen molar-refractivity contribution in [3.05, 3.63) is 0 Å². The summed E-state index contributed by atoms with van der Waals surface area (Å²) in [6.45, 7) is 10.9. The fourth-order valence-corrected chi connectivity index (χ4v) is 2.74. The second kappa shape index (κ2) is 3.56. The lowest BCUT2D eigenvalue weighted by Crippen LogP contribution is -2.64. The van der Waals surface area contributed by atoms with Crippen molar-refractivity contribution in [1.82, 2.24) is 0 Å². The Morgan fingerprint density at radius 1 is 1.00 bits per heavy atom. The van der Waals surface area contributed by atoms with Crippen LogP contribution in [0.5, 0.6) is 0 Å². The third kappa shape index (κ3) is 2.03. The first-order valence-electron chi connectivity index (χ1n) is 5.28. The maximum absolute atomic E-state index is 5.76. The first-order valence-corrected chi connectivity index (χ1v) is 5.28. The first kappa shape index (κ1) is 9.44. The molecule has 13 heavy (non-hydrogen) atoms. The summed E-state index contributed by atoms with van der Waals surface area (Å²) in [5, 5.41) is 0. The zero-order valence-electron chi connectivity index (χ0n) is 8.66. The van der Waals surface area contributed by atoms with Crippen molar-refractivity contribution in [1.29, 1.82) is 0 Å². The number of rotatable bonds is 0. The molecule has 3 nitrogen and oxygen atoms in total. The lowest BCUT2D eigenvalue weighted by atomic mass is 10.1. The van der Waals surface area contributed by atoms with Crippen LogP contribution in [0.25, 0.3) is 0 Å². The summed E-state index contributed by atoms with van der Waals surface area (Å²) in [5.74, 6) is 0. The van der Waals surface area contributed by atoms with Crippen LogP contribution in [0.3, 0.4) is 0 Å². The van der Waals surface area contributed by atoms with Crippen molar-refractivity contribution in [2.75, 3.05) is 39.4 Å². The largest absolute Gasteiger partial charge is 0.370 e. The summed E-state index contributed by atoms with van der Waals surface area (Å²) in [5.41, 5.74) is 0. The fourth-order valence-electron chi connectivity index (χ4n) is 2.74. The first-order chi connectivity index (χ1) is 6.20. The molecule has 2 fully saturated rings. The standard InChI is InChI=1S/C10H20NO2/c1-9-7-11(8-10(2)13-9)3-5-12-6-4-11/h9-10H,3-8H2,1-2H3/q+1. The fraction of sp³-hybridized carbons (Fsp3) is 1.00. The molecule has 2 aliphatic rings. The van der Waals surface area contributed by atoms with Gasteiger partial charge in [-0.05, 0) is 13.8 Å². The van der Waals surface area contributed by atoms with Gasteiger partial charge in [-0.25, -0.2) is 0 Å². The minimum atomic E-state index is 0.418. The Morgan fingerprint density at radius 2 is 1.54 bits per heavy atom. The highest BCUT2D eigenvalue weighted by Crippen LogP contribution is 2.21. The lowest BCUT2D eigenvalue weighted by Gasteiger charge is -2.47. The predicted molar refractivity (Wildman–Crippen MR) is 50.6 cm³/mol. The van der Waals surface area contributed by atoms with Crippen LogP contribution in [0.1, 0.15) is 13.8 Å². The van der Waals surface area contributed by atoms with Gasteiger partial charge in [-0.2, -0.15) is 0 Å². The maximum atomic E-state index is 5.76. The van der Waals surface area contributed by atoms with Crippen LogP contribution in [0.15, 0.2) is 0 Å². The van der Waals surface area contributed by atoms with Gasteiger partial charge in [0.1, 0.15) is 38.4 Å². The van der Waals surface area contributed by atoms with Gasteiger partial charge in [0.2, 0.25) is 0 Å². The molecule has 0 amide bonds. The van der Waals surface area contributed by atoms with Crippen LogP contribution >= 0.6 is 0 Å². The van der Waals surface area contributed by atoms with E-state index in [9.17, 15) is 0 Å². The summed E-state index contributed by atoms with van der Waals surface area (Å²) in [6, 6.07) is 0. The van der Waals surface area contributed by atoms with E-state index in [0.717, 1.165) is 13.2 Å². The molecule has 2 heterocycles. The molecular weight excluding hydrogens is 166 g/mol. The van der Waals surface area contributed by atoms with Crippen molar-refractivity contribution in [2.24, 2.45) is 0 Å². The SMILES string of the molecule is CC1C[N+]2(CCOCC2)CC(C)O1. The molecular formula is C10H20NO2+. The van der Waals surface area contributed by atoms with Crippen LogP contribution < -0.4 is 0 Å². The number of nitrogens with zero attached hydrogens (tertiary/aromatic N) is 1. The molecule has 0 saturated carbocycles. The van der Waals surface area contributed by atoms with Gasteiger partial charge in [0.25, 0.3) is 0 Å². The van der Waals surface area contributed by atoms with E-state index in [2.05, 4.69) is 13.8 Å². The zero-order valence-corrected chi connectivity index (χ0v) is 8.66. The molecule has 0 radical (unpaired) electrons. The highest BCUT2D eigenvalue weighted by atomic mass is 16.5. The zero-order chi connectivity index (χ0) is 9.31. The van der Waals surface area contributed by atoms with E-state index >= 15 is 0 Å². The number of quaternary nitrogens is 1. The van der Waals surface area contributed by atoms with Gasteiger partial charge in [0.15, 0.2) is 0 Å². The summed E-state index contributed by atoms with van der Waals surface area (Å²) >= 11 is 0. The van der Waals surface area contributed by atoms with E-state index in [-0.39, 0.29) is 0 Å². The Bertz CT molecular complexity index is 166. The predicted octanol–water partition coefficient (Wildman–Crippen LogP) is 0.641. The molecule has 0 aromatic carbocycles. The number of hydrogen-bond donors (Lipinski definition) is 0. The summed E-state index contributed by atoms with van der Waals surface area (Å²) in [4.78, 5) is 0. The Morgan fingerprint density at radius 3 is 2.08 bits per heavy atom. The van der Waals surface area contributed by atoms with Gasteiger partial charge in [-0.3, -0.25) is 0 Å². The van der Waals surface area contributed by atoms with E-state index in [4.69, 9.17) is 9.47 Å². The van der Waals surface area contributed by atoms with Crippen LogP contribution in [0, 0.1) is 0 Å². The van der Waals surface area contributed by atoms with Gasteiger partial charge in [-0.1, -0.05) is 0 Å². The van der Waals surface area contributed by atoms with Crippen molar-refractivity contribution in [3.8, 4) is 0 Å². The Balaban J connectivity index is 2.02. The summed E-state index contributed by atoms with van der Waals surface area (Å²) < 4.78 is 12.4. The van der Waals surface area contributed by atoms with Gasteiger partial charge < -0.3 is 14.0 Å². The molecule has 2 rings (SSSR count). The summed E-state index contributed by atoms with van der Waals surface area (Å²) in [6.07, 6.45) is 0.837. The van der Waals surface area contributed by atoms with Crippen LogP contribution in [-0.4, -0.2) is 56.1 Å². The molecule has 76 valence electrons. The highest BCUT2D eigenvalue weighted by Gasteiger charge is 2.38. The average Bonchev–Trinajstić information content (AvgIpc) is 2.02. The van der Waals surface area contributed by atoms with Gasteiger partial charge in [0, 0.05) is 0 Å². The molecule has 0 aliphatic carbocycles. The Hall–Kier alpha value is -0.120. The minimum absolute atomic E-state index is 0.418. The van der Waals surface area contributed by atoms with Crippen LogP contribution in [0.2, 0.25) is 0 Å². The van der Waals surface area contributed by atoms with E-state index in [1.807, 2.05) is 0 Å². The second-order valence-corrected chi connectivity index (χ2v) is 4.52. The molecule has 2 atom stereocenters. The molecule has 0 N–H and O–H groups in total. The number of ether oxygens (including phenoxy) is 2. The number of morpholine rings is 2. The molecule has 2 unspecified atom stereocenters. The van der Waals surface area contributed by atoms with Gasteiger partial charge in [-0.15, -0.1) is 0 Å². The van der Waals surface area contributed by atoms with E-state index in [1.54, 1.807) is 0 Å². The topological polar surface area (TPSA) is 18.5 Å². The third-order valence-corrected chi connectivity index (χ3v) is 3.17.